The standard InChI is InChI=1S/C36H32N4O6S2/c1-44-30-15-8-7-14-27(30)29-21-48-36(39-29)40-33(41)22-47-26-13-9-12-25(20-26)37-35(43)28(38-34(42)24-10-5-4-6-11-24)18-23-16-17-31(45-2)32(19-23)46-3/h4-21H,22H2,1-3H3,(H,37,43)(H,38,42)(H,39,40,41)/b28-18+. The van der Waals surface area contributed by atoms with Gasteiger partial charge in [0.05, 0.1) is 32.8 Å². The number of methoxy groups -OCH3 is 3. The van der Waals surface area contributed by atoms with Crippen LogP contribution in [0.15, 0.2) is 113 Å². The van der Waals surface area contributed by atoms with E-state index in [0.717, 1.165) is 10.5 Å². The van der Waals surface area contributed by atoms with Crippen LogP contribution in [0.2, 0.25) is 0 Å². The van der Waals surface area contributed by atoms with Crippen LogP contribution in [-0.2, 0) is 9.59 Å². The topological polar surface area (TPSA) is 128 Å². The number of anilines is 2. The van der Waals surface area contributed by atoms with Gasteiger partial charge in [-0.1, -0.05) is 42.5 Å². The summed E-state index contributed by atoms with van der Waals surface area (Å²) < 4.78 is 16.1. The molecule has 0 saturated carbocycles. The lowest BCUT2D eigenvalue weighted by atomic mass is 10.1. The Morgan fingerprint density at radius 1 is 0.792 bits per heavy atom. The Labute approximate surface area is 286 Å². The van der Waals surface area contributed by atoms with Gasteiger partial charge in [-0.2, -0.15) is 0 Å². The molecule has 0 saturated heterocycles. The number of rotatable bonds is 13. The lowest BCUT2D eigenvalue weighted by molar-refractivity contribution is -0.114. The number of hydrogen-bond donors (Lipinski definition) is 3. The first-order chi connectivity index (χ1) is 23.4. The Bertz CT molecular complexity index is 1940. The summed E-state index contributed by atoms with van der Waals surface area (Å²) in [6, 6.07) is 28.4. The highest BCUT2D eigenvalue weighted by Gasteiger charge is 2.17. The third kappa shape index (κ3) is 8.81. The molecule has 0 aliphatic heterocycles. The summed E-state index contributed by atoms with van der Waals surface area (Å²) in [5, 5.41) is 10.8. The minimum atomic E-state index is -0.538. The van der Waals surface area contributed by atoms with Crippen molar-refractivity contribution in [1.29, 1.82) is 0 Å². The number of amides is 3. The van der Waals surface area contributed by atoms with Crippen LogP contribution in [0.4, 0.5) is 10.8 Å². The lowest BCUT2D eigenvalue weighted by Gasteiger charge is -2.13. The smallest absolute Gasteiger partial charge is 0.272 e. The molecule has 3 amide bonds. The van der Waals surface area contributed by atoms with Crippen LogP contribution in [0.1, 0.15) is 15.9 Å². The number of thiazole rings is 1. The van der Waals surface area contributed by atoms with Crippen LogP contribution in [0.25, 0.3) is 17.3 Å². The van der Waals surface area contributed by atoms with E-state index in [0.29, 0.717) is 44.9 Å². The number of nitrogens with one attached hydrogen (secondary N) is 3. The van der Waals surface area contributed by atoms with Gasteiger partial charge < -0.3 is 30.2 Å². The molecule has 1 aromatic heterocycles. The molecule has 0 fully saturated rings. The van der Waals surface area contributed by atoms with Gasteiger partial charge in [-0.15, -0.1) is 23.1 Å². The summed E-state index contributed by atoms with van der Waals surface area (Å²) in [5.74, 6) is 0.622. The number of carbonyl (C=O) groups is 3. The van der Waals surface area contributed by atoms with Crippen molar-refractivity contribution in [3.05, 3.63) is 119 Å². The second-order valence-electron chi connectivity index (χ2n) is 10.0. The van der Waals surface area contributed by atoms with Crippen LogP contribution in [0, 0.1) is 0 Å². The lowest BCUT2D eigenvalue weighted by Crippen LogP contribution is -2.30. The predicted octanol–water partition coefficient (Wildman–Crippen LogP) is 6.98. The van der Waals surface area contributed by atoms with Crippen molar-refractivity contribution >= 4 is 57.7 Å². The molecule has 244 valence electrons. The molecule has 0 aliphatic rings. The Morgan fingerprint density at radius 3 is 2.31 bits per heavy atom. The van der Waals surface area contributed by atoms with Crippen molar-refractivity contribution in [1.82, 2.24) is 10.3 Å². The van der Waals surface area contributed by atoms with Gasteiger partial charge in [0, 0.05) is 27.1 Å². The highest BCUT2D eigenvalue weighted by atomic mass is 32.2. The van der Waals surface area contributed by atoms with E-state index in [4.69, 9.17) is 14.2 Å². The fourth-order valence-electron chi connectivity index (χ4n) is 4.53. The van der Waals surface area contributed by atoms with Gasteiger partial charge in [-0.3, -0.25) is 14.4 Å². The van der Waals surface area contributed by atoms with Crippen molar-refractivity contribution in [2.24, 2.45) is 0 Å². The van der Waals surface area contributed by atoms with E-state index >= 15 is 0 Å². The van der Waals surface area contributed by atoms with Crippen molar-refractivity contribution in [2.45, 2.75) is 4.90 Å². The molecule has 10 nitrogen and oxygen atoms in total. The number of para-hydroxylation sites is 1. The first-order valence-electron chi connectivity index (χ1n) is 14.6. The largest absolute Gasteiger partial charge is 0.496 e. The van der Waals surface area contributed by atoms with Crippen molar-refractivity contribution < 1.29 is 28.6 Å². The first kappa shape index (κ1) is 33.8. The molecule has 3 N–H and O–H groups in total. The van der Waals surface area contributed by atoms with Gasteiger partial charge in [-0.05, 0) is 66.2 Å². The molecule has 4 aromatic carbocycles. The van der Waals surface area contributed by atoms with E-state index in [1.165, 1.54) is 37.3 Å². The van der Waals surface area contributed by atoms with Gasteiger partial charge >= 0.3 is 0 Å². The van der Waals surface area contributed by atoms with Gasteiger partial charge in [0.1, 0.15) is 11.4 Å². The molecular weight excluding hydrogens is 649 g/mol. The average Bonchev–Trinajstić information content (AvgIpc) is 3.58. The summed E-state index contributed by atoms with van der Waals surface area (Å²) in [4.78, 5) is 44.6. The van der Waals surface area contributed by atoms with E-state index < -0.39 is 11.8 Å². The van der Waals surface area contributed by atoms with E-state index in [1.54, 1.807) is 79.9 Å². The number of benzene rings is 4. The summed E-state index contributed by atoms with van der Waals surface area (Å²) in [5.41, 5.74) is 3.06. The third-order valence-electron chi connectivity index (χ3n) is 6.84. The predicted molar refractivity (Wildman–Crippen MR) is 190 cm³/mol. The molecule has 1 heterocycles. The zero-order valence-corrected chi connectivity index (χ0v) is 27.9. The van der Waals surface area contributed by atoms with Crippen molar-refractivity contribution in [3.8, 4) is 28.5 Å². The molecule has 0 spiro atoms. The fraction of sp³-hybridized carbons (Fsp3) is 0.111. The molecule has 5 aromatic rings. The van der Waals surface area contributed by atoms with Crippen LogP contribution < -0.4 is 30.2 Å². The van der Waals surface area contributed by atoms with E-state index in [1.807, 2.05) is 35.7 Å². The minimum Gasteiger partial charge on any atom is -0.496 e. The summed E-state index contributed by atoms with van der Waals surface area (Å²) in [6.45, 7) is 0. The maximum Gasteiger partial charge on any atom is 0.272 e. The van der Waals surface area contributed by atoms with Gasteiger partial charge in [0.2, 0.25) is 5.91 Å². The SMILES string of the molecule is COc1ccc(/C=C(/NC(=O)c2ccccc2)C(=O)Nc2cccc(SCC(=O)Nc3nc(-c4ccccc4OC)cs3)c2)cc1OC. The Kier molecular flexibility index (Phi) is 11.5. The number of nitrogens with zero attached hydrogens (tertiary/aromatic N) is 1. The molecule has 12 heteroatoms. The zero-order valence-electron chi connectivity index (χ0n) is 26.3. The summed E-state index contributed by atoms with van der Waals surface area (Å²) >= 11 is 2.64. The second-order valence-corrected chi connectivity index (χ2v) is 12.0. The third-order valence-corrected chi connectivity index (χ3v) is 8.59. The highest BCUT2D eigenvalue weighted by Crippen LogP contribution is 2.32. The normalized spacial score (nSPS) is 10.9. The van der Waals surface area contributed by atoms with Gasteiger partial charge in [-0.25, -0.2) is 4.98 Å². The number of hydrogen-bond acceptors (Lipinski definition) is 9. The van der Waals surface area contributed by atoms with Crippen molar-refractivity contribution in [2.75, 3.05) is 37.7 Å². The molecule has 5 rings (SSSR count). The van der Waals surface area contributed by atoms with E-state index in [9.17, 15) is 14.4 Å². The molecule has 0 bridgehead atoms. The maximum absolute atomic E-state index is 13.6. The quantitative estimate of drug-likeness (QED) is 0.0899. The van der Waals surface area contributed by atoms with Crippen molar-refractivity contribution in [3.63, 3.8) is 0 Å². The van der Waals surface area contributed by atoms with Gasteiger partial charge in [0.15, 0.2) is 16.6 Å². The Hall–Kier alpha value is -5.59. The average molecular weight is 681 g/mol. The molecule has 0 radical (unpaired) electrons. The zero-order chi connectivity index (χ0) is 33.9. The molecule has 0 unspecified atom stereocenters. The Balaban J connectivity index is 1.26. The number of aromatic nitrogens is 1. The maximum atomic E-state index is 13.6. The van der Waals surface area contributed by atoms with E-state index in [-0.39, 0.29) is 17.4 Å². The first-order valence-corrected chi connectivity index (χ1v) is 16.5. The number of carbonyl (C=O) groups excluding carboxylic acids is 3. The number of ether oxygens (including phenoxy) is 3. The van der Waals surface area contributed by atoms with Crippen LogP contribution in [0.5, 0.6) is 17.2 Å². The summed E-state index contributed by atoms with van der Waals surface area (Å²) in [7, 11) is 4.65. The molecule has 0 atom stereocenters. The highest BCUT2D eigenvalue weighted by molar-refractivity contribution is 8.00. The fourth-order valence-corrected chi connectivity index (χ4v) is 6.01. The number of thioether (sulfide) groups is 1. The van der Waals surface area contributed by atoms with Crippen LogP contribution in [-0.4, -0.2) is 49.8 Å². The van der Waals surface area contributed by atoms with Gasteiger partial charge in [0.25, 0.3) is 11.8 Å². The summed E-state index contributed by atoms with van der Waals surface area (Å²) in [6.07, 6.45) is 1.55. The molecule has 0 aliphatic carbocycles. The Morgan fingerprint density at radius 2 is 1.54 bits per heavy atom. The molecular formula is C36H32N4O6S2. The van der Waals surface area contributed by atoms with Crippen LogP contribution in [0.3, 0.4) is 0 Å². The van der Waals surface area contributed by atoms with E-state index in [2.05, 4.69) is 20.9 Å². The monoisotopic (exact) mass is 680 g/mol. The second kappa shape index (κ2) is 16.3. The molecule has 48 heavy (non-hydrogen) atoms. The van der Waals surface area contributed by atoms with Crippen LogP contribution >= 0.6 is 23.1 Å². The minimum absolute atomic E-state index is 0.0180.